The molecule has 2 nitrogen and oxygen atoms in total. The maximum atomic E-state index is 9.86. The number of benzene rings is 1. The van der Waals surface area contributed by atoms with Crippen LogP contribution in [0, 0.1) is 5.92 Å². The highest BCUT2D eigenvalue weighted by Gasteiger charge is 2.20. The molecule has 1 unspecified atom stereocenters. The molecule has 0 aliphatic heterocycles. The average molecular weight is 264 g/mol. The number of aliphatic hydroxyl groups is 1. The molecule has 0 fully saturated rings. The quantitative estimate of drug-likeness (QED) is 0.872. The highest BCUT2D eigenvalue weighted by atomic mass is 16.5. The fourth-order valence-electron chi connectivity index (χ4n) is 1.88. The molecule has 0 bridgehead atoms. The number of ether oxygens (including phenoxy) is 1. The van der Waals surface area contributed by atoms with Crippen molar-refractivity contribution in [2.45, 2.75) is 59.5 Å². The van der Waals surface area contributed by atoms with E-state index < -0.39 is 6.10 Å². The molecular weight excluding hydrogens is 236 g/mol. The van der Waals surface area contributed by atoms with Gasteiger partial charge in [0.05, 0.1) is 6.10 Å². The third-order valence-corrected chi connectivity index (χ3v) is 3.44. The zero-order chi connectivity index (χ0) is 14.6. The molecule has 1 aromatic carbocycles. The van der Waals surface area contributed by atoms with Gasteiger partial charge in [0.25, 0.3) is 0 Å². The van der Waals surface area contributed by atoms with Crippen molar-refractivity contribution in [3.8, 4) is 5.75 Å². The number of hydrogen-bond acceptors (Lipinski definition) is 2. The normalized spacial score (nSPS) is 13.7. The van der Waals surface area contributed by atoms with Crippen LogP contribution in [0.1, 0.15) is 52.7 Å². The summed E-state index contributed by atoms with van der Waals surface area (Å²) in [5, 5.41) is 9.86. The fraction of sp³-hybridized carbons (Fsp3) is 0.647. The minimum atomic E-state index is -0.418. The van der Waals surface area contributed by atoms with E-state index >= 15 is 0 Å². The van der Waals surface area contributed by atoms with Gasteiger partial charge < -0.3 is 9.84 Å². The fourth-order valence-corrected chi connectivity index (χ4v) is 1.88. The molecule has 0 amide bonds. The lowest BCUT2D eigenvalue weighted by molar-refractivity contribution is 0.0693. The molecule has 0 saturated carbocycles. The van der Waals surface area contributed by atoms with Gasteiger partial charge in [0.15, 0.2) is 0 Å². The zero-order valence-electron chi connectivity index (χ0n) is 13.2. The van der Waals surface area contributed by atoms with Crippen LogP contribution in [0.25, 0.3) is 0 Å². The van der Waals surface area contributed by atoms with Crippen LogP contribution in [0.5, 0.6) is 5.75 Å². The van der Waals surface area contributed by atoms with Gasteiger partial charge in [-0.3, -0.25) is 0 Å². The van der Waals surface area contributed by atoms with Crippen LogP contribution in [0.15, 0.2) is 18.2 Å². The van der Waals surface area contributed by atoms with E-state index in [0.29, 0.717) is 6.61 Å². The van der Waals surface area contributed by atoms with Gasteiger partial charge in [0, 0.05) is 0 Å². The van der Waals surface area contributed by atoms with E-state index in [9.17, 15) is 5.11 Å². The molecule has 1 rings (SSSR count). The second-order valence-electron chi connectivity index (χ2n) is 6.56. The molecule has 0 aromatic heterocycles. The molecular formula is C17H28O2. The second-order valence-corrected chi connectivity index (χ2v) is 6.56. The average Bonchev–Trinajstić information content (AvgIpc) is 2.34. The second kappa shape index (κ2) is 6.42. The van der Waals surface area contributed by atoms with Gasteiger partial charge in [0.1, 0.15) is 12.4 Å². The monoisotopic (exact) mass is 264 g/mol. The summed E-state index contributed by atoms with van der Waals surface area (Å²) < 4.78 is 5.84. The van der Waals surface area contributed by atoms with Crippen molar-refractivity contribution in [3.05, 3.63) is 29.3 Å². The van der Waals surface area contributed by atoms with Crippen molar-refractivity contribution in [1.29, 1.82) is 0 Å². The van der Waals surface area contributed by atoms with Crippen LogP contribution in [-0.4, -0.2) is 17.8 Å². The van der Waals surface area contributed by atoms with Crippen LogP contribution in [0.4, 0.5) is 0 Å². The summed E-state index contributed by atoms with van der Waals surface area (Å²) >= 11 is 0. The lowest BCUT2D eigenvalue weighted by Crippen LogP contribution is -2.24. The zero-order valence-corrected chi connectivity index (χ0v) is 13.2. The summed E-state index contributed by atoms with van der Waals surface area (Å²) in [5.41, 5.74) is 2.58. The first-order valence-electron chi connectivity index (χ1n) is 7.20. The number of hydrogen-bond donors (Lipinski definition) is 1. The van der Waals surface area contributed by atoms with E-state index in [2.05, 4.69) is 39.8 Å². The molecule has 0 saturated heterocycles. The van der Waals surface area contributed by atoms with Crippen LogP contribution in [0.2, 0.25) is 0 Å². The van der Waals surface area contributed by atoms with Gasteiger partial charge in [0.2, 0.25) is 0 Å². The smallest absolute Gasteiger partial charge is 0.123 e. The maximum absolute atomic E-state index is 9.86. The molecule has 19 heavy (non-hydrogen) atoms. The van der Waals surface area contributed by atoms with Crippen LogP contribution < -0.4 is 4.74 Å². The number of rotatable bonds is 5. The standard InChI is InChI=1S/C17H28O2/c1-7-13-8-9-16(14(10-13)17(4,5)6)19-11-15(18)12(2)3/h8-10,12,15,18H,7,11H2,1-6H3. The Morgan fingerprint density at radius 3 is 2.32 bits per heavy atom. The molecule has 0 aliphatic carbocycles. The molecule has 1 aromatic rings. The SMILES string of the molecule is CCc1ccc(OCC(O)C(C)C)c(C(C)(C)C)c1. The van der Waals surface area contributed by atoms with Gasteiger partial charge in [-0.1, -0.05) is 53.7 Å². The van der Waals surface area contributed by atoms with Gasteiger partial charge in [-0.2, -0.15) is 0 Å². The summed E-state index contributed by atoms with van der Waals surface area (Å²) in [6.07, 6.45) is 0.608. The van der Waals surface area contributed by atoms with E-state index in [0.717, 1.165) is 12.2 Å². The van der Waals surface area contributed by atoms with Gasteiger partial charge in [-0.25, -0.2) is 0 Å². The lowest BCUT2D eigenvalue weighted by atomic mass is 9.85. The molecule has 0 radical (unpaired) electrons. The molecule has 2 heteroatoms. The Labute approximate surface area is 117 Å². The topological polar surface area (TPSA) is 29.5 Å². The Hall–Kier alpha value is -1.02. The van der Waals surface area contributed by atoms with Crippen molar-refractivity contribution in [3.63, 3.8) is 0 Å². The predicted octanol–water partition coefficient (Wildman–Crippen LogP) is 3.94. The molecule has 0 spiro atoms. The van der Waals surface area contributed by atoms with E-state index in [1.807, 2.05) is 19.9 Å². The molecule has 1 atom stereocenters. The summed E-state index contributed by atoms with van der Waals surface area (Å²) in [5.74, 6) is 1.11. The first-order chi connectivity index (χ1) is 8.75. The number of aliphatic hydroxyl groups excluding tert-OH is 1. The Morgan fingerprint density at radius 2 is 1.84 bits per heavy atom. The minimum Gasteiger partial charge on any atom is -0.491 e. The molecule has 0 heterocycles. The predicted molar refractivity (Wildman–Crippen MR) is 80.9 cm³/mol. The Morgan fingerprint density at radius 1 is 1.21 bits per heavy atom. The van der Waals surface area contributed by atoms with E-state index in [1.54, 1.807) is 0 Å². The van der Waals surface area contributed by atoms with Crippen molar-refractivity contribution >= 4 is 0 Å². The third-order valence-electron chi connectivity index (χ3n) is 3.44. The minimum absolute atomic E-state index is 0.0449. The third kappa shape index (κ3) is 4.54. The largest absolute Gasteiger partial charge is 0.491 e. The Kier molecular flexibility index (Phi) is 5.42. The molecule has 108 valence electrons. The van der Waals surface area contributed by atoms with Gasteiger partial charge >= 0.3 is 0 Å². The van der Waals surface area contributed by atoms with Crippen LogP contribution in [-0.2, 0) is 11.8 Å². The first-order valence-corrected chi connectivity index (χ1v) is 7.20. The molecule has 0 aliphatic rings. The van der Waals surface area contributed by atoms with E-state index in [-0.39, 0.29) is 11.3 Å². The maximum Gasteiger partial charge on any atom is 0.123 e. The number of aryl methyl sites for hydroxylation is 1. The van der Waals surface area contributed by atoms with Crippen molar-refractivity contribution in [1.82, 2.24) is 0 Å². The summed E-state index contributed by atoms with van der Waals surface area (Å²) in [6.45, 7) is 13.1. The van der Waals surface area contributed by atoms with Crippen molar-refractivity contribution in [2.24, 2.45) is 5.92 Å². The van der Waals surface area contributed by atoms with Crippen LogP contribution in [0.3, 0.4) is 0 Å². The Balaban J connectivity index is 2.94. The summed E-state index contributed by atoms with van der Waals surface area (Å²) in [6, 6.07) is 6.36. The van der Waals surface area contributed by atoms with Gasteiger partial charge in [-0.15, -0.1) is 0 Å². The summed E-state index contributed by atoms with van der Waals surface area (Å²) in [7, 11) is 0. The highest BCUT2D eigenvalue weighted by Crippen LogP contribution is 2.32. The highest BCUT2D eigenvalue weighted by molar-refractivity contribution is 5.41. The van der Waals surface area contributed by atoms with Crippen LogP contribution >= 0.6 is 0 Å². The summed E-state index contributed by atoms with van der Waals surface area (Å²) in [4.78, 5) is 0. The van der Waals surface area contributed by atoms with Gasteiger partial charge in [-0.05, 0) is 34.9 Å². The lowest BCUT2D eigenvalue weighted by Gasteiger charge is -2.25. The first kappa shape index (κ1) is 16.0. The van der Waals surface area contributed by atoms with E-state index in [1.165, 1.54) is 11.1 Å². The molecule has 1 N–H and O–H groups in total. The van der Waals surface area contributed by atoms with Crippen molar-refractivity contribution in [2.75, 3.05) is 6.61 Å². The Bertz CT molecular complexity index is 402. The van der Waals surface area contributed by atoms with Crippen molar-refractivity contribution < 1.29 is 9.84 Å². The van der Waals surface area contributed by atoms with E-state index in [4.69, 9.17) is 4.74 Å².